The molecule has 0 bridgehead atoms. The van der Waals surface area contributed by atoms with Crippen LogP contribution >= 0.6 is 34.8 Å². The Labute approximate surface area is 262 Å². The molecular formula is C31H34Cl3N3O4S. The Morgan fingerprint density at radius 3 is 2.19 bits per heavy atom. The van der Waals surface area contributed by atoms with Crippen molar-refractivity contribution in [1.29, 1.82) is 0 Å². The van der Waals surface area contributed by atoms with Gasteiger partial charge in [-0.2, -0.15) is 0 Å². The number of benzene rings is 3. The maximum atomic E-state index is 14.2. The predicted octanol–water partition coefficient (Wildman–Crippen LogP) is 6.42. The number of nitrogens with zero attached hydrogens (tertiary/aromatic N) is 2. The molecule has 1 aliphatic rings. The minimum atomic E-state index is -4.00. The minimum Gasteiger partial charge on any atom is -0.352 e. The van der Waals surface area contributed by atoms with E-state index in [1.54, 1.807) is 0 Å². The lowest BCUT2D eigenvalue weighted by Crippen LogP contribution is -2.54. The highest BCUT2D eigenvalue weighted by molar-refractivity contribution is 7.92. The number of amides is 2. The molecule has 4 rings (SSSR count). The molecular weight excluding hydrogens is 617 g/mol. The van der Waals surface area contributed by atoms with Crippen molar-refractivity contribution in [2.75, 3.05) is 17.1 Å². The maximum Gasteiger partial charge on any atom is 0.244 e. The third kappa shape index (κ3) is 8.40. The average Bonchev–Trinajstić information content (AvgIpc) is 3.44. The summed E-state index contributed by atoms with van der Waals surface area (Å²) < 4.78 is 26.9. The van der Waals surface area contributed by atoms with E-state index in [1.807, 2.05) is 61.5 Å². The summed E-state index contributed by atoms with van der Waals surface area (Å²) in [5, 5.41) is 3.41. The summed E-state index contributed by atoms with van der Waals surface area (Å²) in [6, 6.07) is 18.9. The van der Waals surface area contributed by atoms with Gasteiger partial charge in [-0.3, -0.25) is 13.9 Å². The van der Waals surface area contributed by atoms with E-state index in [9.17, 15) is 18.0 Å². The zero-order chi connectivity index (χ0) is 30.4. The van der Waals surface area contributed by atoms with Gasteiger partial charge in [0.05, 0.1) is 27.0 Å². The minimum absolute atomic E-state index is 0.0208. The molecule has 0 radical (unpaired) electrons. The van der Waals surface area contributed by atoms with Gasteiger partial charge in [-0.15, -0.1) is 0 Å². The van der Waals surface area contributed by atoms with Gasteiger partial charge in [-0.1, -0.05) is 108 Å². The Kier molecular flexibility index (Phi) is 10.8. The molecule has 1 saturated carbocycles. The maximum absolute atomic E-state index is 14.2. The monoisotopic (exact) mass is 649 g/mol. The third-order valence-corrected chi connectivity index (χ3v) is 9.50. The van der Waals surface area contributed by atoms with Crippen LogP contribution in [-0.4, -0.2) is 50.0 Å². The molecule has 1 aliphatic carbocycles. The van der Waals surface area contributed by atoms with E-state index >= 15 is 0 Å². The van der Waals surface area contributed by atoms with Crippen LogP contribution in [0.5, 0.6) is 0 Å². The number of nitrogens with one attached hydrogen (secondary N) is 1. The SMILES string of the molecule is Cc1cccc(CN(C(=O)CN(c2cc(Cl)c(Cl)cc2Cl)S(C)(=O)=O)[C@H](Cc2ccccc2)C(=O)NC2CCCC2)c1. The van der Waals surface area contributed by atoms with Crippen molar-refractivity contribution in [3.05, 3.63) is 98.5 Å². The van der Waals surface area contributed by atoms with Crippen LogP contribution in [0.4, 0.5) is 5.69 Å². The Balaban J connectivity index is 1.75. The summed E-state index contributed by atoms with van der Waals surface area (Å²) in [4.78, 5) is 29.6. The third-order valence-electron chi connectivity index (χ3n) is 7.35. The van der Waals surface area contributed by atoms with Gasteiger partial charge in [0.25, 0.3) is 0 Å². The fourth-order valence-electron chi connectivity index (χ4n) is 5.23. The van der Waals surface area contributed by atoms with Crippen molar-refractivity contribution >= 4 is 62.3 Å². The van der Waals surface area contributed by atoms with Crippen LogP contribution in [0, 0.1) is 6.92 Å². The van der Waals surface area contributed by atoms with Crippen molar-refractivity contribution in [3.8, 4) is 0 Å². The van der Waals surface area contributed by atoms with Gasteiger partial charge in [0.1, 0.15) is 12.6 Å². The highest BCUT2D eigenvalue weighted by Gasteiger charge is 2.34. The number of hydrogen-bond acceptors (Lipinski definition) is 4. The summed E-state index contributed by atoms with van der Waals surface area (Å²) in [5.41, 5.74) is 2.70. The number of halogens is 3. The summed E-state index contributed by atoms with van der Waals surface area (Å²) in [6.07, 6.45) is 5.07. The van der Waals surface area contributed by atoms with Crippen LogP contribution in [0.1, 0.15) is 42.4 Å². The molecule has 1 atom stereocenters. The summed E-state index contributed by atoms with van der Waals surface area (Å²) in [6.45, 7) is 1.45. The quantitative estimate of drug-likeness (QED) is 0.243. The molecule has 2 amide bonds. The number of aryl methyl sites for hydroxylation is 1. The molecule has 0 aliphatic heterocycles. The fraction of sp³-hybridized carbons (Fsp3) is 0.355. The van der Waals surface area contributed by atoms with Crippen molar-refractivity contribution in [2.45, 2.75) is 57.7 Å². The lowest BCUT2D eigenvalue weighted by atomic mass is 10.0. The number of anilines is 1. The number of sulfonamides is 1. The van der Waals surface area contributed by atoms with Crippen LogP contribution in [-0.2, 0) is 32.6 Å². The van der Waals surface area contributed by atoms with Crippen LogP contribution in [0.3, 0.4) is 0 Å². The second-order valence-corrected chi connectivity index (χ2v) is 13.8. The van der Waals surface area contributed by atoms with Crippen LogP contribution in [0.25, 0.3) is 0 Å². The smallest absolute Gasteiger partial charge is 0.244 e. The fourth-order valence-corrected chi connectivity index (χ4v) is 6.77. The molecule has 3 aromatic carbocycles. The topological polar surface area (TPSA) is 86.8 Å². The van der Waals surface area contributed by atoms with Crippen molar-refractivity contribution < 1.29 is 18.0 Å². The Morgan fingerprint density at radius 1 is 0.905 bits per heavy atom. The normalized spacial score (nSPS) is 14.4. The van der Waals surface area contributed by atoms with Crippen LogP contribution in [0.2, 0.25) is 15.1 Å². The van der Waals surface area contributed by atoms with Crippen molar-refractivity contribution in [1.82, 2.24) is 10.2 Å². The standard InChI is InChI=1S/C31H34Cl3N3O4S/c1-21-9-8-12-23(15-21)19-36(29(16-22-10-4-3-5-11-22)31(39)35-24-13-6-7-14-24)30(38)20-37(42(2,40)41)28-18-26(33)25(32)17-27(28)34/h3-5,8-12,15,17-18,24,29H,6-7,13-14,16,19-20H2,1-2H3,(H,35,39)/t29-/m1/s1. The number of rotatable bonds is 11. The number of hydrogen-bond donors (Lipinski definition) is 1. The average molecular weight is 651 g/mol. The van der Waals surface area contributed by atoms with Crippen LogP contribution in [0.15, 0.2) is 66.7 Å². The van der Waals surface area contributed by atoms with E-state index in [4.69, 9.17) is 34.8 Å². The van der Waals surface area contributed by atoms with E-state index in [0.29, 0.717) is 0 Å². The first-order chi connectivity index (χ1) is 19.9. The predicted molar refractivity (Wildman–Crippen MR) is 170 cm³/mol. The molecule has 0 saturated heterocycles. The first-order valence-corrected chi connectivity index (χ1v) is 16.7. The molecule has 0 aromatic heterocycles. The molecule has 3 aromatic rings. The molecule has 0 unspecified atom stereocenters. The molecule has 0 spiro atoms. The van der Waals surface area contributed by atoms with Crippen molar-refractivity contribution in [2.24, 2.45) is 0 Å². The van der Waals surface area contributed by atoms with Gasteiger partial charge < -0.3 is 10.2 Å². The van der Waals surface area contributed by atoms with Gasteiger partial charge >= 0.3 is 0 Å². The Hall–Kier alpha value is -2.78. The molecule has 1 fully saturated rings. The number of carbonyl (C=O) groups excluding carboxylic acids is 2. The lowest BCUT2D eigenvalue weighted by molar-refractivity contribution is -0.140. The molecule has 7 nitrogen and oxygen atoms in total. The first-order valence-electron chi connectivity index (χ1n) is 13.7. The molecule has 0 heterocycles. The molecule has 1 N–H and O–H groups in total. The summed E-state index contributed by atoms with van der Waals surface area (Å²) in [5.74, 6) is -0.836. The van der Waals surface area contributed by atoms with Crippen LogP contribution < -0.4 is 9.62 Å². The Bertz CT molecular complexity index is 1530. The highest BCUT2D eigenvalue weighted by atomic mass is 35.5. The highest BCUT2D eigenvalue weighted by Crippen LogP contribution is 2.35. The van der Waals surface area contributed by atoms with Gasteiger partial charge in [-0.05, 0) is 43.0 Å². The van der Waals surface area contributed by atoms with Gasteiger partial charge in [0, 0.05) is 19.0 Å². The van der Waals surface area contributed by atoms with E-state index < -0.39 is 28.5 Å². The lowest BCUT2D eigenvalue weighted by Gasteiger charge is -2.34. The van der Waals surface area contributed by atoms with E-state index in [0.717, 1.165) is 52.9 Å². The second kappa shape index (κ2) is 14.1. The summed E-state index contributed by atoms with van der Waals surface area (Å²) in [7, 11) is -4.00. The summed E-state index contributed by atoms with van der Waals surface area (Å²) >= 11 is 18.7. The zero-order valence-corrected chi connectivity index (χ0v) is 26.6. The largest absolute Gasteiger partial charge is 0.352 e. The van der Waals surface area contributed by atoms with E-state index in [-0.39, 0.29) is 45.7 Å². The van der Waals surface area contributed by atoms with Gasteiger partial charge in [0.2, 0.25) is 21.8 Å². The van der Waals surface area contributed by atoms with Gasteiger partial charge in [-0.25, -0.2) is 8.42 Å². The van der Waals surface area contributed by atoms with Crippen molar-refractivity contribution in [3.63, 3.8) is 0 Å². The van der Waals surface area contributed by atoms with E-state index in [1.165, 1.54) is 17.0 Å². The first kappa shape index (κ1) is 32.1. The Morgan fingerprint density at radius 2 is 1.55 bits per heavy atom. The molecule has 224 valence electrons. The molecule has 11 heteroatoms. The van der Waals surface area contributed by atoms with E-state index in [2.05, 4.69) is 5.32 Å². The van der Waals surface area contributed by atoms with Gasteiger partial charge in [0.15, 0.2) is 0 Å². The molecule has 42 heavy (non-hydrogen) atoms. The second-order valence-electron chi connectivity index (χ2n) is 10.7. The zero-order valence-electron chi connectivity index (χ0n) is 23.5. The number of carbonyl (C=O) groups is 2.